The van der Waals surface area contributed by atoms with Gasteiger partial charge >= 0.3 is 0 Å². The highest BCUT2D eigenvalue weighted by Crippen LogP contribution is 2.36. The van der Waals surface area contributed by atoms with Crippen molar-refractivity contribution in [2.75, 3.05) is 84.3 Å². The number of aromatic nitrogens is 2. The Labute approximate surface area is 224 Å². The Balaban J connectivity index is 1.17. The van der Waals surface area contributed by atoms with Crippen molar-refractivity contribution in [3.8, 4) is 11.6 Å². The molecule has 0 spiro atoms. The molecule has 2 aromatic rings. The molecule has 0 bridgehead atoms. The topological polar surface area (TPSA) is 84.8 Å². The summed E-state index contributed by atoms with van der Waals surface area (Å²) in [6, 6.07) is 4.11. The Morgan fingerprint density at radius 1 is 0.974 bits per heavy atom. The summed E-state index contributed by atoms with van der Waals surface area (Å²) in [5.41, 5.74) is 0.885. The van der Waals surface area contributed by atoms with Crippen molar-refractivity contribution >= 4 is 22.9 Å². The second-order valence-electron chi connectivity index (χ2n) is 10.8. The van der Waals surface area contributed by atoms with Gasteiger partial charge in [0.25, 0.3) is 0 Å². The molecular weight excluding hydrogens is 484 g/mol. The molecule has 0 aromatic carbocycles. The molecule has 1 saturated carbocycles. The fourth-order valence-electron chi connectivity index (χ4n) is 5.96. The van der Waals surface area contributed by atoms with Crippen LogP contribution in [0.15, 0.2) is 23.4 Å². The highest BCUT2D eigenvalue weighted by molar-refractivity contribution is 5.87. The highest BCUT2D eigenvalue weighted by atomic mass is 16.5. The molecule has 0 radical (unpaired) electrons. The molecule has 206 valence electrons. The summed E-state index contributed by atoms with van der Waals surface area (Å²) in [6.45, 7) is 9.10. The van der Waals surface area contributed by atoms with E-state index in [1.807, 2.05) is 17.3 Å². The van der Waals surface area contributed by atoms with Gasteiger partial charge in [0, 0.05) is 64.5 Å². The van der Waals surface area contributed by atoms with Gasteiger partial charge in [-0.2, -0.15) is 10.1 Å². The summed E-state index contributed by atoms with van der Waals surface area (Å²) in [5.74, 6) is 3.57. The average molecular weight is 525 g/mol. The predicted molar refractivity (Wildman–Crippen MR) is 146 cm³/mol. The minimum atomic E-state index is 0.156. The highest BCUT2D eigenvalue weighted by Gasteiger charge is 2.31. The third-order valence-corrected chi connectivity index (χ3v) is 8.25. The van der Waals surface area contributed by atoms with Gasteiger partial charge in [-0.3, -0.25) is 14.9 Å². The number of ether oxygens (including phenoxy) is 4. The first kappa shape index (κ1) is 25.6. The molecule has 38 heavy (non-hydrogen) atoms. The maximum absolute atomic E-state index is 6.66. The molecule has 2 aromatic heterocycles. The number of fused-ring (bicyclic) bond motifs is 1. The van der Waals surface area contributed by atoms with Crippen LogP contribution in [0.25, 0.3) is 10.9 Å². The number of nitrogens with zero attached hydrogens (tertiary/aromatic N) is 6. The summed E-state index contributed by atoms with van der Waals surface area (Å²) in [6.07, 6.45) is 8.50. The van der Waals surface area contributed by atoms with Crippen molar-refractivity contribution in [3.63, 3.8) is 0 Å². The third-order valence-electron chi connectivity index (χ3n) is 8.25. The molecule has 3 fully saturated rings. The number of pyridine rings is 2. The monoisotopic (exact) mass is 524 g/mol. The second-order valence-corrected chi connectivity index (χ2v) is 10.8. The number of hydrogen-bond donors (Lipinski definition) is 0. The van der Waals surface area contributed by atoms with Crippen molar-refractivity contribution in [2.45, 2.75) is 31.8 Å². The minimum Gasteiger partial charge on any atom is -0.491 e. The molecule has 10 heteroatoms. The van der Waals surface area contributed by atoms with E-state index in [-0.39, 0.29) is 6.10 Å². The van der Waals surface area contributed by atoms with Crippen LogP contribution in [0.4, 0.5) is 5.82 Å². The summed E-state index contributed by atoms with van der Waals surface area (Å²) in [5, 5.41) is 7.41. The zero-order valence-corrected chi connectivity index (χ0v) is 22.5. The molecule has 0 amide bonds. The first-order chi connectivity index (χ1) is 18.7. The molecule has 0 N–H and O–H groups in total. The molecule has 10 nitrogen and oxygen atoms in total. The smallest absolute Gasteiger partial charge is 0.225 e. The van der Waals surface area contributed by atoms with E-state index in [9.17, 15) is 0 Å². The van der Waals surface area contributed by atoms with Crippen molar-refractivity contribution in [3.05, 3.63) is 18.3 Å². The van der Waals surface area contributed by atoms with E-state index in [4.69, 9.17) is 28.9 Å². The van der Waals surface area contributed by atoms with Crippen LogP contribution in [0.1, 0.15) is 25.7 Å². The number of anilines is 1. The normalized spacial score (nSPS) is 26.7. The van der Waals surface area contributed by atoms with E-state index >= 15 is 0 Å². The predicted octanol–water partition coefficient (Wildman–Crippen LogP) is 2.66. The zero-order valence-electron chi connectivity index (χ0n) is 22.5. The van der Waals surface area contributed by atoms with Crippen molar-refractivity contribution in [1.29, 1.82) is 0 Å². The molecular formula is C28H40N6O4. The molecule has 5 heterocycles. The number of hydrogen-bond acceptors (Lipinski definition) is 10. The van der Waals surface area contributed by atoms with Gasteiger partial charge in [0.15, 0.2) is 0 Å². The van der Waals surface area contributed by atoms with E-state index in [1.165, 1.54) is 0 Å². The fraction of sp³-hybridized carbons (Fsp3) is 0.679. The van der Waals surface area contributed by atoms with Crippen LogP contribution in [0, 0.1) is 11.8 Å². The number of hydrazone groups is 1. The van der Waals surface area contributed by atoms with Crippen LogP contribution < -0.4 is 14.4 Å². The Morgan fingerprint density at radius 3 is 2.47 bits per heavy atom. The maximum atomic E-state index is 6.66. The van der Waals surface area contributed by atoms with Gasteiger partial charge in [-0.05, 0) is 37.7 Å². The Kier molecular flexibility index (Phi) is 8.08. The summed E-state index contributed by atoms with van der Waals surface area (Å²) in [7, 11) is 2.05. The van der Waals surface area contributed by atoms with Gasteiger partial charge in [0.1, 0.15) is 24.3 Å². The molecule has 4 aliphatic rings. The standard InChI is InChI=1S/C28H40N6O4/c1-32-20-22(18-30-32)21-2-4-23(5-3-21)38-28-25-16-24(37-15-8-33-6-11-35-12-7-33)19-29-26(25)17-27(31-28)34-9-13-36-14-10-34/h16-19,21-23H,2-15,20H2,1H3/t21-,22?,23+. The quantitative estimate of drug-likeness (QED) is 0.517. The summed E-state index contributed by atoms with van der Waals surface area (Å²) in [4.78, 5) is 14.4. The van der Waals surface area contributed by atoms with E-state index in [2.05, 4.69) is 34.2 Å². The van der Waals surface area contributed by atoms with Gasteiger partial charge < -0.3 is 23.8 Å². The van der Waals surface area contributed by atoms with E-state index < -0.39 is 0 Å². The third kappa shape index (κ3) is 6.13. The van der Waals surface area contributed by atoms with Crippen LogP contribution >= 0.6 is 0 Å². The van der Waals surface area contributed by atoms with Gasteiger partial charge in [-0.15, -0.1) is 0 Å². The maximum Gasteiger partial charge on any atom is 0.225 e. The first-order valence-corrected chi connectivity index (χ1v) is 14.2. The van der Waals surface area contributed by atoms with Gasteiger partial charge in [-0.1, -0.05) is 0 Å². The van der Waals surface area contributed by atoms with Crippen molar-refractivity contribution < 1.29 is 18.9 Å². The van der Waals surface area contributed by atoms with Gasteiger partial charge in [0.2, 0.25) is 5.88 Å². The molecule has 6 rings (SSSR count). The molecule has 1 atom stereocenters. The fourth-order valence-corrected chi connectivity index (χ4v) is 5.96. The van der Waals surface area contributed by atoms with Gasteiger partial charge in [0.05, 0.1) is 43.5 Å². The van der Waals surface area contributed by atoms with E-state index in [1.54, 1.807) is 0 Å². The molecule has 1 unspecified atom stereocenters. The Bertz CT molecular complexity index is 1100. The van der Waals surface area contributed by atoms with E-state index in [0.29, 0.717) is 37.5 Å². The lowest BCUT2D eigenvalue weighted by Gasteiger charge is -2.32. The van der Waals surface area contributed by atoms with Crippen LogP contribution in [0.2, 0.25) is 0 Å². The molecule has 2 saturated heterocycles. The lowest BCUT2D eigenvalue weighted by molar-refractivity contribution is 0.0322. The Morgan fingerprint density at radius 2 is 1.74 bits per heavy atom. The lowest BCUT2D eigenvalue weighted by atomic mass is 9.79. The second kappa shape index (κ2) is 12.0. The Hall–Kier alpha value is -2.69. The molecule has 3 aliphatic heterocycles. The first-order valence-electron chi connectivity index (χ1n) is 14.2. The number of morpholine rings is 2. The minimum absolute atomic E-state index is 0.156. The van der Waals surface area contributed by atoms with Crippen LogP contribution in [-0.2, 0) is 9.47 Å². The molecule has 1 aliphatic carbocycles. The van der Waals surface area contributed by atoms with Crippen LogP contribution in [0.5, 0.6) is 11.6 Å². The van der Waals surface area contributed by atoms with Crippen LogP contribution in [-0.4, -0.2) is 112 Å². The van der Waals surface area contributed by atoms with E-state index in [0.717, 1.165) is 101 Å². The van der Waals surface area contributed by atoms with Crippen molar-refractivity contribution in [2.24, 2.45) is 16.9 Å². The zero-order chi connectivity index (χ0) is 25.7. The van der Waals surface area contributed by atoms with Gasteiger partial charge in [-0.25, -0.2) is 0 Å². The number of rotatable bonds is 8. The SMILES string of the molecule is CN1CC([C@H]2CC[C@@H](Oc3nc(N4CCOCC4)cc4ncc(OCCN5CCOCC5)cc34)CC2)C=N1. The van der Waals surface area contributed by atoms with Crippen molar-refractivity contribution in [1.82, 2.24) is 19.9 Å². The average Bonchev–Trinajstić information content (AvgIpc) is 3.41. The summed E-state index contributed by atoms with van der Waals surface area (Å²) < 4.78 is 23.8. The van der Waals surface area contributed by atoms with Crippen LogP contribution in [0.3, 0.4) is 0 Å². The largest absolute Gasteiger partial charge is 0.491 e. The summed E-state index contributed by atoms with van der Waals surface area (Å²) >= 11 is 0. The lowest BCUT2D eigenvalue weighted by Crippen LogP contribution is -2.38.